The number of unbranched alkanes of at least 4 members (excludes halogenated alkanes) is 1. The molecule has 15 heavy (non-hydrogen) atoms. The molecule has 0 fully saturated rings. The molecular weight excluding hydrogens is 192 g/mol. The van der Waals surface area contributed by atoms with E-state index in [1.165, 1.54) is 6.92 Å². The third-order valence-corrected chi connectivity index (χ3v) is 2.10. The van der Waals surface area contributed by atoms with Crippen molar-refractivity contribution in [1.29, 1.82) is 0 Å². The molecule has 0 saturated carbocycles. The molecule has 0 aromatic heterocycles. The molecule has 0 aromatic rings. The lowest BCUT2D eigenvalue weighted by Gasteiger charge is -2.27. The van der Waals surface area contributed by atoms with E-state index in [1.54, 1.807) is 0 Å². The van der Waals surface area contributed by atoms with Crippen LogP contribution < -0.4 is 0 Å². The minimum atomic E-state index is -0.433. The van der Waals surface area contributed by atoms with Crippen LogP contribution in [0, 0.1) is 0 Å². The molecule has 1 atom stereocenters. The first kappa shape index (κ1) is 14.4. The Morgan fingerprint density at radius 3 is 2.47 bits per heavy atom. The van der Waals surface area contributed by atoms with Gasteiger partial charge in [0.05, 0.1) is 6.10 Å². The van der Waals surface area contributed by atoms with E-state index in [0.29, 0.717) is 0 Å². The Morgan fingerprint density at radius 2 is 2.00 bits per heavy atom. The summed E-state index contributed by atoms with van der Waals surface area (Å²) in [5.41, 5.74) is -0.433. The largest absolute Gasteiger partial charge is 0.460 e. The molecule has 0 N–H and O–H groups in total. The molecule has 0 heterocycles. The molecular formula is C12H24O3. The number of ether oxygens (including phenoxy) is 2. The van der Waals surface area contributed by atoms with Crippen molar-refractivity contribution >= 4 is 5.97 Å². The van der Waals surface area contributed by atoms with Crippen molar-refractivity contribution in [3.63, 3.8) is 0 Å². The first-order valence-electron chi connectivity index (χ1n) is 5.68. The Labute approximate surface area is 93.1 Å². The fourth-order valence-electron chi connectivity index (χ4n) is 1.61. The molecule has 3 nitrogen and oxygen atoms in total. The zero-order valence-electron chi connectivity index (χ0n) is 10.6. The summed E-state index contributed by atoms with van der Waals surface area (Å²) >= 11 is 0. The molecule has 0 unspecified atom stereocenters. The normalized spacial score (nSPS) is 13.7. The van der Waals surface area contributed by atoms with Crippen LogP contribution in [-0.2, 0) is 14.3 Å². The quantitative estimate of drug-likeness (QED) is 0.485. The van der Waals surface area contributed by atoms with Crippen LogP contribution in [0.5, 0.6) is 0 Å². The first-order chi connectivity index (χ1) is 6.87. The van der Waals surface area contributed by atoms with Crippen molar-refractivity contribution in [2.45, 2.75) is 65.6 Å². The van der Waals surface area contributed by atoms with Gasteiger partial charge in [0.15, 0.2) is 0 Å². The summed E-state index contributed by atoms with van der Waals surface area (Å²) in [4.78, 5) is 10.8. The highest BCUT2D eigenvalue weighted by Gasteiger charge is 2.24. The Kier molecular flexibility index (Phi) is 6.57. The SMILES string of the molecule is CCCCO[C@@H](C)CC(C)(C)OC(C)=O. The fraction of sp³-hybridized carbons (Fsp3) is 0.917. The lowest BCUT2D eigenvalue weighted by molar-refractivity contribution is -0.156. The van der Waals surface area contributed by atoms with Crippen LogP contribution in [0.4, 0.5) is 0 Å². The van der Waals surface area contributed by atoms with Gasteiger partial charge >= 0.3 is 5.97 Å². The standard InChI is InChI=1S/C12H24O3/c1-6-7-8-14-10(2)9-12(4,5)15-11(3)13/h10H,6-9H2,1-5H3/t10-/m0/s1. The van der Waals surface area contributed by atoms with Crippen LogP contribution in [-0.4, -0.2) is 24.3 Å². The van der Waals surface area contributed by atoms with Crippen LogP contribution >= 0.6 is 0 Å². The maximum atomic E-state index is 10.8. The van der Waals surface area contributed by atoms with Crippen molar-refractivity contribution in [2.75, 3.05) is 6.61 Å². The Balaban J connectivity index is 3.82. The van der Waals surface area contributed by atoms with Crippen LogP contribution in [0.15, 0.2) is 0 Å². The topological polar surface area (TPSA) is 35.5 Å². The van der Waals surface area contributed by atoms with E-state index in [2.05, 4.69) is 6.92 Å². The average Bonchev–Trinajstić information content (AvgIpc) is 2.00. The summed E-state index contributed by atoms with van der Waals surface area (Å²) in [6, 6.07) is 0. The highest BCUT2D eigenvalue weighted by atomic mass is 16.6. The predicted molar refractivity (Wildman–Crippen MR) is 60.8 cm³/mol. The molecule has 0 saturated heterocycles. The lowest BCUT2D eigenvalue weighted by atomic mass is 10.0. The molecule has 3 heteroatoms. The second-order valence-electron chi connectivity index (χ2n) is 4.59. The molecule has 0 spiro atoms. The molecule has 0 radical (unpaired) electrons. The maximum absolute atomic E-state index is 10.8. The highest BCUT2D eigenvalue weighted by Crippen LogP contribution is 2.18. The van der Waals surface area contributed by atoms with Crippen molar-refractivity contribution in [1.82, 2.24) is 0 Å². The first-order valence-corrected chi connectivity index (χ1v) is 5.68. The van der Waals surface area contributed by atoms with E-state index in [1.807, 2.05) is 20.8 Å². The van der Waals surface area contributed by atoms with Crippen molar-refractivity contribution < 1.29 is 14.3 Å². The smallest absolute Gasteiger partial charge is 0.303 e. The van der Waals surface area contributed by atoms with Gasteiger partial charge < -0.3 is 9.47 Å². The van der Waals surface area contributed by atoms with Crippen LogP contribution in [0.25, 0.3) is 0 Å². The van der Waals surface area contributed by atoms with Gasteiger partial charge in [0, 0.05) is 20.0 Å². The summed E-state index contributed by atoms with van der Waals surface area (Å²) in [5.74, 6) is -0.235. The maximum Gasteiger partial charge on any atom is 0.303 e. The van der Waals surface area contributed by atoms with Crippen LogP contribution in [0.2, 0.25) is 0 Å². The van der Waals surface area contributed by atoms with Crippen molar-refractivity contribution in [2.24, 2.45) is 0 Å². The van der Waals surface area contributed by atoms with Gasteiger partial charge in [-0.2, -0.15) is 0 Å². The molecule has 0 aliphatic heterocycles. The van der Waals surface area contributed by atoms with Crippen molar-refractivity contribution in [3.05, 3.63) is 0 Å². The summed E-state index contributed by atoms with van der Waals surface area (Å²) in [5, 5.41) is 0. The predicted octanol–water partition coefficient (Wildman–Crippen LogP) is 2.92. The second-order valence-corrected chi connectivity index (χ2v) is 4.59. The Bertz CT molecular complexity index is 187. The summed E-state index contributed by atoms with van der Waals surface area (Å²) in [6.07, 6.45) is 3.08. The van der Waals surface area contributed by atoms with E-state index >= 15 is 0 Å². The van der Waals surface area contributed by atoms with Crippen molar-refractivity contribution in [3.8, 4) is 0 Å². The lowest BCUT2D eigenvalue weighted by Crippen LogP contribution is -2.32. The molecule has 0 rings (SSSR count). The van der Waals surface area contributed by atoms with E-state index in [-0.39, 0.29) is 12.1 Å². The number of hydrogen-bond acceptors (Lipinski definition) is 3. The van der Waals surface area contributed by atoms with Gasteiger partial charge in [-0.25, -0.2) is 0 Å². The Hall–Kier alpha value is -0.570. The van der Waals surface area contributed by atoms with E-state index in [0.717, 1.165) is 25.9 Å². The van der Waals surface area contributed by atoms with Gasteiger partial charge in [0.25, 0.3) is 0 Å². The Morgan fingerprint density at radius 1 is 1.40 bits per heavy atom. The minimum absolute atomic E-state index is 0.130. The number of hydrogen-bond donors (Lipinski definition) is 0. The molecule has 0 bridgehead atoms. The average molecular weight is 216 g/mol. The van der Waals surface area contributed by atoms with Gasteiger partial charge in [0.2, 0.25) is 0 Å². The molecule has 0 aliphatic rings. The fourth-order valence-corrected chi connectivity index (χ4v) is 1.61. The highest BCUT2D eigenvalue weighted by molar-refractivity contribution is 5.66. The number of carbonyl (C=O) groups excluding carboxylic acids is 1. The summed E-state index contributed by atoms with van der Waals surface area (Å²) < 4.78 is 10.8. The molecule has 0 aromatic carbocycles. The minimum Gasteiger partial charge on any atom is -0.460 e. The monoisotopic (exact) mass is 216 g/mol. The van der Waals surface area contributed by atoms with Gasteiger partial charge in [-0.05, 0) is 27.2 Å². The van der Waals surface area contributed by atoms with E-state index in [9.17, 15) is 4.79 Å². The van der Waals surface area contributed by atoms with Gasteiger partial charge in [-0.15, -0.1) is 0 Å². The van der Waals surface area contributed by atoms with Crippen LogP contribution in [0.1, 0.15) is 53.9 Å². The van der Waals surface area contributed by atoms with E-state index < -0.39 is 5.60 Å². The second kappa shape index (κ2) is 6.83. The molecule has 0 amide bonds. The molecule has 0 aliphatic carbocycles. The third kappa shape index (κ3) is 8.43. The third-order valence-electron chi connectivity index (χ3n) is 2.10. The number of rotatable bonds is 7. The van der Waals surface area contributed by atoms with Gasteiger partial charge in [0.1, 0.15) is 5.60 Å². The zero-order valence-corrected chi connectivity index (χ0v) is 10.6. The van der Waals surface area contributed by atoms with E-state index in [4.69, 9.17) is 9.47 Å². The number of carbonyl (C=O) groups is 1. The van der Waals surface area contributed by atoms with Gasteiger partial charge in [-0.3, -0.25) is 4.79 Å². The number of esters is 1. The van der Waals surface area contributed by atoms with Crippen LogP contribution in [0.3, 0.4) is 0 Å². The summed E-state index contributed by atoms with van der Waals surface area (Å²) in [7, 11) is 0. The zero-order chi connectivity index (χ0) is 11.9. The molecule has 90 valence electrons. The van der Waals surface area contributed by atoms with Gasteiger partial charge in [-0.1, -0.05) is 13.3 Å². The summed E-state index contributed by atoms with van der Waals surface area (Å²) in [6.45, 7) is 10.2.